The van der Waals surface area contributed by atoms with Gasteiger partial charge >= 0.3 is 5.69 Å². The molecule has 0 aliphatic carbocycles. The van der Waals surface area contributed by atoms with Crippen molar-refractivity contribution < 1.29 is 4.79 Å². The van der Waals surface area contributed by atoms with Gasteiger partial charge < -0.3 is 10.3 Å². The highest BCUT2D eigenvalue weighted by Crippen LogP contribution is 2.24. The summed E-state index contributed by atoms with van der Waals surface area (Å²) in [7, 11) is 0. The van der Waals surface area contributed by atoms with Crippen LogP contribution >= 0.6 is 11.8 Å². The third-order valence-electron chi connectivity index (χ3n) is 2.97. The van der Waals surface area contributed by atoms with Crippen LogP contribution in [0.25, 0.3) is 0 Å². The van der Waals surface area contributed by atoms with Gasteiger partial charge in [0.1, 0.15) is 0 Å². The molecule has 0 aliphatic rings. The molecule has 0 spiro atoms. The van der Waals surface area contributed by atoms with Crippen molar-refractivity contribution in [3.8, 4) is 0 Å². The third-order valence-corrected chi connectivity index (χ3v) is 3.77. The van der Waals surface area contributed by atoms with Gasteiger partial charge in [-0.3, -0.25) is 14.6 Å². The number of nitrogens with one attached hydrogen (secondary N) is 3. The summed E-state index contributed by atoms with van der Waals surface area (Å²) in [6, 6.07) is 7.41. The van der Waals surface area contributed by atoms with E-state index < -0.39 is 11.2 Å². The largest absolute Gasteiger partial charge is 0.325 e. The fraction of sp³-hybridized carbons (Fsp3) is 0.214. The number of hydrogen-bond donors (Lipinski definition) is 3. The summed E-state index contributed by atoms with van der Waals surface area (Å²) in [5.74, 6) is -0.308. The number of aromatic amines is 2. The molecule has 0 aliphatic heterocycles. The number of aryl methyl sites for hydroxylation is 1. The van der Waals surface area contributed by atoms with Gasteiger partial charge in [-0.15, -0.1) is 11.8 Å². The Kier molecular flexibility index (Phi) is 4.64. The van der Waals surface area contributed by atoms with Gasteiger partial charge in [-0.1, -0.05) is 12.1 Å². The van der Waals surface area contributed by atoms with Gasteiger partial charge in [0.2, 0.25) is 5.91 Å². The standard InChI is InChI=1S/C14H15N3O3S/c1-8-9(13(19)17-14(20)15-8)7-12(18)16-10-5-3-4-6-11(10)21-2/h3-6H,7H2,1-2H3,(H,16,18)(H2,15,17,19,20). The number of benzene rings is 1. The lowest BCUT2D eigenvalue weighted by atomic mass is 10.1. The van der Waals surface area contributed by atoms with E-state index in [-0.39, 0.29) is 17.9 Å². The molecular weight excluding hydrogens is 290 g/mol. The quantitative estimate of drug-likeness (QED) is 0.741. The Bertz CT molecular complexity index is 780. The van der Waals surface area contributed by atoms with Crippen molar-refractivity contribution in [2.45, 2.75) is 18.2 Å². The van der Waals surface area contributed by atoms with E-state index in [0.29, 0.717) is 11.4 Å². The first-order valence-electron chi connectivity index (χ1n) is 6.26. The lowest BCUT2D eigenvalue weighted by molar-refractivity contribution is -0.115. The van der Waals surface area contributed by atoms with Gasteiger partial charge in [-0.05, 0) is 25.3 Å². The average molecular weight is 305 g/mol. The van der Waals surface area contributed by atoms with Gasteiger partial charge in [0.05, 0.1) is 12.1 Å². The van der Waals surface area contributed by atoms with Gasteiger partial charge in [-0.25, -0.2) is 4.79 Å². The molecule has 2 aromatic rings. The van der Waals surface area contributed by atoms with Crippen LogP contribution in [0.4, 0.5) is 5.69 Å². The molecule has 6 nitrogen and oxygen atoms in total. The van der Waals surface area contributed by atoms with Crippen LogP contribution in [0.15, 0.2) is 38.8 Å². The van der Waals surface area contributed by atoms with Crippen molar-refractivity contribution in [1.29, 1.82) is 0 Å². The molecule has 1 amide bonds. The Labute approximate surface area is 125 Å². The van der Waals surface area contributed by atoms with E-state index in [0.717, 1.165) is 4.90 Å². The van der Waals surface area contributed by atoms with Crippen molar-refractivity contribution in [1.82, 2.24) is 9.97 Å². The normalized spacial score (nSPS) is 10.4. The SMILES string of the molecule is CSc1ccccc1NC(=O)Cc1c(C)[nH]c(=O)[nH]c1=O. The Balaban J connectivity index is 2.20. The van der Waals surface area contributed by atoms with Crippen molar-refractivity contribution in [3.05, 3.63) is 56.4 Å². The maximum absolute atomic E-state index is 12.1. The number of carbonyl (C=O) groups excluding carboxylic acids is 1. The average Bonchev–Trinajstić information content (AvgIpc) is 2.43. The minimum atomic E-state index is -0.575. The van der Waals surface area contributed by atoms with E-state index in [2.05, 4.69) is 15.3 Å². The smallest absolute Gasteiger partial charge is 0.325 e. The number of hydrogen-bond acceptors (Lipinski definition) is 4. The van der Waals surface area contributed by atoms with E-state index in [1.165, 1.54) is 11.8 Å². The molecule has 1 aromatic carbocycles. The summed E-state index contributed by atoms with van der Waals surface area (Å²) < 4.78 is 0. The van der Waals surface area contributed by atoms with Crippen LogP contribution in [0.5, 0.6) is 0 Å². The molecule has 0 fully saturated rings. The second-order valence-corrected chi connectivity index (χ2v) is 5.29. The molecule has 0 unspecified atom stereocenters. The van der Waals surface area contributed by atoms with Gasteiger partial charge in [0.15, 0.2) is 0 Å². The fourth-order valence-electron chi connectivity index (χ4n) is 1.94. The summed E-state index contributed by atoms with van der Waals surface area (Å²) in [6.45, 7) is 1.59. The number of carbonyl (C=O) groups is 1. The summed E-state index contributed by atoms with van der Waals surface area (Å²) in [5.41, 5.74) is 0.248. The Morgan fingerprint density at radius 1 is 1.24 bits per heavy atom. The zero-order chi connectivity index (χ0) is 15.4. The van der Waals surface area contributed by atoms with Crippen LogP contribution in [0.3, 0.4) is 0 Å². The second kappa shape index (κ2) is 6.45. The van der Waals surface area contributed by atoms with Crippen molar-refractivity contribution in [2.75, 3.05) is 11.6 Å². The Morgan fingerprint density at radius 2 is 1.95 bits per heavy atom. The van der Waals surface area contributed by atoms with Crippen LogP contribution in [0.1, 0.15) is 11.3 Å². The number of para-hydroxylation sites is 1. The molecule has 0 saturated heterocycles. The van der Waals surface area contributed by atoms with Crippen molar-refractivity contribution in [3.63, 3.8) is 0 Å². The molecule has 110 valence electrons. The number of H-pyrrole nitrogens is 2. The van der Waals surface area contributed by atoms with E-state index in [1.807, 2.05) is 24.5 Å². The van der Waals surface area contributed by atoms with E-state index in [1.54, 1.807) is 13.0 Å². The van der Waals surface area contributed by atoms with Crippen molar-refractivity contribution in [2.24, 2.45) is 0 Å². The van der Waals surface area contributed by atoms with E-state index >= 15 is 0 Å². The molecule has 1 aromatic heterocycles. The van der Waals surface area contributed by atoms with Crippen LogP contribution in [0, 0.1) is 6.92 Å². The molecule has 0 radical (unpaired) electrons. The zero-order valence-electron chi connectivity index (χ0n) is 11.6. The molecule has 1 heterocycles. The molecule has 2 rings (SSSR count). The van der Waals surface area contributed by atoms with Crippen LogP contribution in [-0.4, -0.2) is 22.1 Å². The number of thioether (sulfide) groups is 1. The predicted octanol–water partition coefficient (Wildman–Crippen LogP) is 1.27. The maximum atomic E-state index is 12.1. The highest BCUT2D eigenvalue weighted by molar-refractivity contribution is 7.98. The minimum absolute atomic E-state index is 0.0966. The lowest BCUT2D eigenvalue weighted by Crippen LogP contribution is -2.29. The van der Waals surface area contributed by atoms with Crippen molar-refractivity contribution >= 4 is 23.4 Å². The first kappa shape index (κ1) is 15.1. The van der Waals surface area contributed by atoms with Gasteiger partial charge in [-0.2, -0.15) is 0 Å². The van der Waals surface area contributed by atoms with E-state index in [4.69, 9.17) is 0 Å². The summed E-state index contributed by atoms with van der Waals surface area (Å²) in [5, 5.41) is 2.77. The lowest BCUT2D eigenvalue weighted by Gasteiger charge is -2.09. The van der Waals surface area contributed by atoms with E-state index in [9.17, 15) is 14.4 Å². The fourth-order valence-corrected chi connectivity index (χ4v) is 2.50. The number of aromatic nitrogens is 2. The molecule has 3 N–H and O–H groups in total. The first-order valence-corrected chi connectivity index (χ1v) is 7.48. The van der Waals surface area contributed by atoms with Crippen LogP contribution < -0.4 is 16.6 Å². The maximum Gasteiger partial charge on any atom is 0.325 e. The topological polar surface area (TPSA) is 94.8 Å². The summed E-state index contributed by atoms with van der Waals surface area (Å²) in [6.07, 6.45) is 1.82. The highest BCUT2D eigenvalue weighted by atomic mass is 32.2. The molecule has 21 heavy (non-hydrogen) atoms. The second-order valence-electron chi connectivity index (χ2n) is 4.44. The molecule has 7 heteroatoms. The zero-order valence-corrected chi connectivity index (χ0v) is 12.5. The molecule has 0 bridgehead atoms. The molecular formula is C14H15N3O3S. The number of anilines is 1. The summed E-state index contributed by atoms with van der Waals surface area (Å²) in [4.78, 5) is 40.4. The van der Waals surface area contributed by atoms with Crippen LogP contribution in [-0.2, 0) is 11.2 Å². The number of rotatable bonds is 4. The van der Waals surface area contributed by atoms with Gasteiger partial charge in [0.25, 0.3) is 5.56 Å². The Hall–Kier alpha value is -2.28. The predicted molar refractivity (Wildman–Crippen MR) is 83.0 cm³/mol. The highest BCUT2D eigenvalue weighted by Gasteiger charge is 2.12. The third kappa shape index (κ3) is 3.63. The van der Waals surface area contributed by atoms with Gasteiger partial charge in [0, 0.05) is 16.2 Å². The minimum Gasteiger partial charge on any atom is -0.325 e. The number of amides is 1. The Morgan fingerprint density at radius 3 is 2.62 bits per heavy atom. The van der Waals surface area contributed by atoms with Crippen LogP contribution in [0.2, 0.25) is 0 Å². The first-order chi connectivity index (χ1) is 10.0. The molecule has 0 atom stereocenters. The summed E-state index contributed by atoms with van der Waals surface area (Å²) >= 11 is 1.52. The monoisotopic (exact) mass is 305 g/mol. The molecule has 0 saturated carbocycles.